The molecule has 1 heterocycles. The summed E-state index contributed by atoms with van der Waals surface area (Å²) >= 11 is 1.28. The lowest BCUT2D eigenvalue weighted by Crippen LogP contribution is -2.31. The minimum Gasteiger partial charge on any atom is -0.294 e. The smallest absolute Gasteiger partial charge is 0.244 e. The summed E-state index contributed by atoms with van der Waals surface area (Å²) in [5.41, 5.74) is 2.06. The maximum atomic E-state index is 10.9. The SMILES string of the molecule is CCCCCn1nnnc1SCC(=O)NN. The van der Waals surface area contributed by atoms with Gasteiger partial charge in [0.1, 0.15) is 0 Å². The molecule has 16 heavy (non-hydrogen) atoms. The lowest BCUT2D eigenvalue weighted by Gasteiger charge is -2.02. The zero-order valence-electron chi connectivity index (χ0n) is 9.22. The highest BCUT2D eigenvalue weighted by Crippen LogP contribution is 2.13. The van der Waals surface area contributed by atoms with Gasteiger partial charge in [0.05, 0.1) is 5.75 Å². The molecule has 0 atom stereocenters. The zero-order chi connectivity index (χ0) is 11.8. The van der Waals surface area contributed by atoms with E-state index in [1.165, 1.54) is 11.8 Å². The molecule has 0 unspecified atom stereocenters. The van der Waals surface area contributed by atoms with E-state index < -0.39 is 0 Å². The normalized spacial score (nSPS) is 10.4. The van der Waals surface area contributed by atoms with Crippen LogP contribution in [0, 0.1) is 0 Å². The first-order valence-corrected chi connectivity index (χ1v) is 6.15. The molecule has 0 aliphatic carbocycles. The molecular formula is C8H16N6OS. The second-order valence-electron chi connectivity index (χ2n) is 3.25. The quantitative estimate of drug-likeness (QED) is 0.229. The Morgan fingerprint density at radius 3 is 3.06 bits per heavy atom. The first-order valence-electron chi connectivity index (χ1n) is 5.16. The average molecular weight is 244 g/mol. The number of aryl methyl sites for hydroxylation is 1. The van der Waals surface area contributed by atoms with Gasteiger partial charge in [0.25, 0.3) is 0 Å². The molecule has 0 bridgehead atoms. The van der Waals surface area contributed by atoms with Gasteiger partial charge in [-0.3, -0.25) is 10.2 Å². The molecule has 1 amide bonds. The van der Waals surface area contributed by atoms with Crippen molar-refractivity contribution in [3.05, 3.63) is 0 Å². The van der Waals surface area contributed by atoms with Gasteiger partial charge in [-0.25, -0.2) is 10.5 Å². The number of aromatic nitrogens is 4. The summed E-state index contributed by atoms with van der Waals surface area (Å²) in [7, 11) is 0. The fraction of sp³-hybridized carbons (Fsp3) is 0.750. The molecule has 1 aromatic heterocycles. The van der Waals surface area contributed by atoms with Gasteiger partial charge < -0.3 is 0 Å². The van der Waals surface area contributed by atoms with Crippen LogP contribution in [0.2, 0.25) is 0 Å². The summed E-state index contributed by atoms with van der Waals surface area (Å²) in [4.78, 5) is 10.9. The largest absolute Gasteiger partial charge is 0.294 e. The number of carbonyl (C=O) groups excluding carboxylic acids is 1. The standard InChI is InChI=1S/C8H16N6OS/c1-2-3-4-5-14-8(11-12-13-14)16-6-7(15)10-9/h2-6,9H2,1H3,(H,10,15). The molecule has 8 heteroatoms. The third kappa shape index (κ3) is 4.15. The Morgan fingerprint density at radius 1 is 1.56 bits per heavy atom. The van der Waals surface area contributed by atoms with E-state index in [1.54, 1.807) is 4.68 Å². The Bertz CT molecular complexity index is 328. The summed E-state index contributed by atoms with van der Waals surface area (Å²) in [5.74, 6) is 4.96. The monoisotopic (exact) mass is 244 g/mol. The van der Waals surface area contributed by atoms with Gasteiger partial charge in [-0.15, -0.1) is 5.10 Å². The molecule has 0 saturated carbocycles. The Morgan fingerprint density at radius 2 is 2.38 bits per heavy atom. The number of carbonyl (C=O) groups is 1. The molecule has 0 aliphatic rings. The van der Waals surface area contributed by atoms with Crippen LogP contribution in [0.1, 0.15) is 26.2 Å². The molecule has 0 aliphatic heterocycles. The van der Waals surface area contributed by atoms with E-state index in [1.807, 2.05) is 0 Å². The van der Waals surface area contributed by atoms with Crippen molar-refractivity contribution >= 4 is 17.7 Å². The Hall–Kier alpha value is -1.15. The second-order valence-corrected chi connectivity index (χ2v) is 4.19. The molecule has 1 rings (SSSR count). The lowest BCUT2D eigenvalue weighted by molar-refractivity contribution is -0.118. The highest BCUT2D eigenvalue weighted by Gasteiger charge is 2.08. The van der Waals surface area contributed by atoms with Crippen molar-refractivity contribution in [1.82, 2.24) is 25.6 Å². The Kier molecular flexibility index (Phi) is 5.79. The van der Waals surface area contributed by atoms with E-state index in [-0.39, 0.29) is 11.7 Å². The molecule has 7 nitrogen and oxygen atoms in total. The maximum Gasteiger partial charge on any atom is 0.244 e. The zero-order valence-corrected chi connectivity index (χ0v) is 10.0. The Balaban J connectivity index is 2.40. The van der Waals surface area contributed by atoms with Gasteiger partial charge in [-0.1, -0.05) is 31.5 Å². The minimum absolute atomic E-state index is 0.227. The number of amides is 1. The average Bonchev–Trinajstić information content (AvgIpc) is 2.74. The predicted molar refractivity (Wildman–Crippen MR) is 60.4 cm³/mol. The Labute approximate surface area is 98.1 Å². The second kappa shape index (κ2) is 7.18. The van der Waals surface area contributed by atoms with Gasteiger partial charge >= 0.3 is 0 Å². The van der Waals surface area contributed by atoms with E-state index in [9.17, 15) is 4.79 Å². The van der Waals surface area contributed by atoms with Crippen molar-refractivity contribution in [2.75, 3.05) is 5.75 Å². The number of nitrogens with zero attached hydrogens (tertiary/aromatic N) is 4. The van der Waals surface area contributed by atoms with Crippen molar-refractivity contribution in [3.63, 3.8) is 0 Å². The first kappa shape index (κ1) is 12.9. The van der Waals surface area contributed by atoms with Crippen LogP contribution in [-0.4, -0.2) is 31.9 Å². The number of nitrogens with two attached hydrogens (primary N) is 1. The fourth-order valence-corrected chi connectivity index (χ4v) is 1.84. The number of thioether (sulfide) groups is 1. The number of hydrogen-bond donors (Lipinski definition) is 2. The van der Waals surface area contributed by atoms with Crippen molar-refractivity contribution in [1.29, 1.82) is 0 Å². The van der Waals surface area contributed by atoms with E-state index >= 15 is 0 Å². The number of rotatable bonds is 7. The first-order chi connectivity index (χ1) is 7.77. The van der Waals surface area contributed by atoms with Crippen LogP contribution in [0.25, 0.3) is 0 Å². The van der Waals surface area contributed by atoms with Crippen molar-refractivity contribution in [2.45, 2.75) is 37.9 Å². The van der Waals surface area contributed by atoms with Crippen LogP contribution in [0.5, 0.6) is 0 Å². The summed E-state index contributed by atoms with van der Waals surface area (Å²) in [5, 5.41) is 11.9. The third-order valence-electron chi connectivity index (χ3n) is 1.97. The molecule has 0 spiro atoms. The maximum absolute atomic E-state index is 10.9. The van der Waals surface area contributed by atoms with E-state index in [4.69, 9.17) is 5.84 Å². The summed E-state index contributed by atoms with van der Waals surface area (Å²) < 4.78 is 1.71. The number of unbranched alkanes of at least 4 members (excludes halogenated alkanes) is 2. The number of tetrazole rings is 1. The molecule has 0 fully saturated rings. The minimum atomic E-state index is -0.242. The van der Waals surface area contributed by atoms with Gasteiger partial charge in [0.2, 0.25) is 11.1 Å². The summed E-state index contributed by atoms with van der Waals surface area (Å²) in [6, 6.07) is 0. The number of nitrogens with one attached hydrogen (secondary N) is 1. The van der Waals surface area contributed by atoms with Crippen molar-refractivity contribution < 1.29 is 4.79 Å². The van der Waals surface area contributed by atoms with E-state index in [0.29, 0.717) is 5.16 Å². The molecular weight excluding hydrogens is 228 g/mol. The van der Waals surface area contributed by atoms with E-state index in [2.05, 4.69) is 27.9 Å². The van der Waals surface area contributed by atoms with Crippen LogP contribution in [0.4, 0.5) is 0 Å². The molecule has 1 aromatic rings. The molecule has 0 saturated heterocycles. The van der Waals surface area contributed by atoms with Crippen LogP contribution >= 0.6 is 11.8 Å². The van der Waals surface area contributed by atoms with Gasteiger partial charge in [-0.05, 0) is 16.8 Å². The van der Waals surface area contributed by atoms with Gasteiger partial charge in [0.15, 0.2) is 0 Å². The number of hydrogen-bond acceptors (Lipinski definition) is 6. The van der Waals surface area contributed by atoms with E-state index in [0.717, 1.165) is 25.8 Å². The summed E-state index contributed by atoms with van der Waals surface area (Å²) in [6.07, 6.45) is 3.34. The molecule has 90 valence electrons. The van der Waals surface area contributed by atoms with Crippen LogP contribution in [0.15, 0.2) is 5.16 Å². The highest BCUT2D eigenvalue weighted by molar-refractivity contribution is 7.99. The van der Waals surface area contributed by atoms with Crippen LogP contribution < -0.4 is 11.3 Å². The summed E-state index contributed by atoms with van der Waals surface area (Å²) in [6.45, 7) is 2.92. The van der Waals surface area contributed by atoms with Crippen LogP contribution in [0.3, 0.4) is 0 Å². The van der Waals surface area contributed by atoms with Crippen LogP contribution in [-0.2, 0) is 11.3 Å². The topological polar surface area (TPSA) is 98.7 Å². The molecule has 3 N–H and O–H groups in total. The molecule has 0 aromatic carbocycles. The van der Waals surface area contributed by atoms with Crippen molar-refractivity contribution in [3.8, 4) is 0 Å². The van der Waals surface area contributed by atoms with Gasteiger partial charge in [-0.2, -0.15) is 0 Å². The predicted octanol–water partition coefficient (Wildman–Crippen LogP) is -0.0547. The lowest BCUT2D eigenvalue weighted by atomic mass is 10.2. The van der Waals surface area contributed by atoms with Crippen molar-refractivity contribution in [2.24, 2.45) is 5.84 Å². The molecule has 0 radical (unpaired) electrons. The number of hydrazine groups is 1. The van der Waals surface area contributed by atoms with Gasteiger partial charge in [0, 0.05) is 6.54 Å². The fourth-order valence-electron chi connectivity index (χ4n) is 1.12. The third-order valence-corrected chi connectivity index (χ3v) is 2.92. The highest BCUT2D eigenvalue weighted by atomic mass is 32.2.